The van der Waals surface area contributed by atoms with Crippen LogP contribution in [0.4, 0.5) is 11.6 Å². The summed E-state index contributed by atoms with van der Waals surface area (Å²) in [6.45, 7) is 0. The Hall–Kier alpha value is -2.28. The molecule has 1 aliphatic carbocycles. The third-order valence-corrected chi connectivity index (χ3v) is 5.14. The number of carbonyl (C=O) groups excluding carboxylic acids is 1. The smallest absolute Gasteiger partial charge is 0.395 e. The van der Waals surface area contributed by atoms with Gasteiger partial charge in [-0.25, -0.2) is 0 Å². The fourth-order valence-electron chi connectivity index (χ4n) is 2.59. The van der Waals surface area contributed by atoms with Gasteiger partial charge in [-0.1, -0.05) is 25.0 Å². The van der Waals surface area contributed by atoms with Crippen LogP contribution in [0.3, 0.4) is 0 Å². The lowest BCUT2D eigenvalue weighted by molar-refractivity contribution is -0.402. The highest BCUT2D eigenvalue weighted by atomic mass is 32.2. The van der Waals surface area contributed by atoms with Crippen LogP contribution in [-0.2, 0) is 0 Å². The molecule has 23 heavy (non-hydrogen) atoms. The van der Waals surface area contributed by atoms with Gasteiger partial charge in [0.25, 0.3) is 5.91 Å². The first-order chi connectivity index (χ1) is 11.1. The quantitative estimate of drug-likeness (QED) is 0.644. The third kappa shape index (κ3) is 3.73. The largest absolute Gasteiger partial charge is 0.433 e. The Labute approximate surface area is 137 Å². The maximum Gasteiger partial charge on any atom is 0.433 e. The first kappa shape index (κ1) is 15.6. The van der Waals surface area contributed by atoms with Crippen LogP contribution >= 0.6 is 11.8 Å². The van der Waals surface area contributed by atoms with Crippen molar-refractivity contribution in [1.82, 2.24) is 0 Å². The first-order valence-electron chi connectivity index (χ1n) is 7.45. The van der Waals surface area contributed by atoms with Gasteiger partial charge in [-0.2, -0.15) is 0 Å². The van der Waals surface area contributed by atoms with Gasteiger partial charge in [0.15, 0.2) is 5.76 Å². The van der Waals surface area contributed by atoms with E-state index in [1.807, 2.05) is 24.3 Å². The van der Waals surface area contributed by atoms with Crippen molar-refractivity contribution in [2.45, 2.75) is 35.8 Å². The first-order valence-corrected chi connectivity index (χ1v) is 8.33. The number of hydrogen-bond donors (Lipinski definition) is 1. The van der Waals surface area contributed by atoms with E-state index in [4.69, 9.17) is 4.42 Å². The molecule has 0 radical (unpaired) electrons. The van der Waals surface area contributed by atoms with Crippen LogP contribution in [0.1, 0.15) is 36.2 Å². The molecule has 1 amide bonds. The Bertz CT molecular complexity index is 722. The topological polar surface area (TPSA) is 85.4 Å². The van der Waals surface area contributed by atoms with Gasteiger partial charge in [0.1, 0.15) is 4.92 Å². The number of para-hydroxylation sites is 1. The van der Waals surface area contributed by atoms with E-state index in [1.54, 1.807) is 11.8 Å². The molecule has 0 saturated heterocycles. The number of anilines is 1. The highest BCUT2D eigenvalue weighted by Gasteiger charge is 2.20. The fourth-order valence-corrected chi connectivity index (χ4v) is 3.92. The number of furan rings is 1. The highest BCUT2D eigenvalue weighted by Crippen LogP contribution is 2.38. The molecule has 0 atom stereocenters. The molecular formula is C16H16N2O4S. The lowest BCUT2D eigenvalue weighted by Crippen LogP contribution is -2.12. The number of nitrogens with zero attached hydrogens (tertiary/aromatic N) is 1. The molecule has 3 rings (SSSR count). The summed E-state index contributed by atoms with van der Waals surface area (Å²) in [5.41, 5.74) is 0.702. The number of nitro groups is 1. The number of rotatable bonds is 5. The van der Waals surface area contributed by atoms with Gasteiger partial charge in [-0.15, -0.1) is 11.8 Å². The molecule has 1 fully saturated rings. The summed E-state index contributed by atoms with van der Waals surface area (Å²) in [5.74, 6) is -1.00. The average Bonchev–Trinajstić information content (AvgIpc) is 3.20. The Morgan fingerprint density at radius 2 is 1.96 bits per heavy atom. The van der Waals surface area contributed by atoms with Gasteiger partial charge < -0.3 is 9.73 Å². The number of hydrogen-bond acceptors (Lipinski definition) is 5. The number of carbonyl (C=O) groups is 1. The SMILES string of the molecule is O=C(Nc1ccccc1SC1CCCC1)c1ccc([N+](=O)[O-])o1. The summed E-state index contributed by atoms with van der Waals surface area (Å²) >= 11 is 1.77. The Balaban J connectivity index is 1.73. The Morgan fingerprint density at radius 3 is 2.65 bits per heavy atom. The van der Waals surface area contributed by atoms with Crippen LogP contribution in [0.15, 0.2) is 45.7 Å². The van der Waals surface area contributed by atoms with Crippen LogP contribution < -0.4 is 5.32 Å². The van der Waals surface area contributed by atoms with Crippen molar-refractivity contribution < 1.29 is 14.1 Å². The molecule has 2 aromatic rings. The Kier molecular flexibility index (Phi) is 4.66. The molecule has 1 aliphatic rings. The number of nitrogens with one attached hydrogen (secondary N) is 1. The van der Waals surface area contributed by atoms with Crippen LogP contribution in [0.2, 0.25) is 0 Å². The molecule has 0 bridgehead atoms. The number of thioether (sulfide) groups is 1. The van der Waals surface area contributed by atoms with E-state index in [9.17, 15) is 14.9 Å². The highest BCUT2D eigenvalue weighted by molar-refractivity contribution is 8.00. The van der Waals surface area contributed by atoms with Crippen molar-refractivity contribution in [2.75, 3.05) is 5.32 Å². The minimum absolute atomic E-state index is 0.0719. The molecule has 0 spiro atoms. The molecular weight excluding hydrogens is 316 g/mol. The second kappa shape index (κ2) is 6.87. The van der Waals surface area contributed by atoms with E-state index in [-0.39, 0.29) is 5.76 Å². The average molecular weight is 332 g/mol. The van der Waals surface area contributed by atoms with Crippen molar-refractivity contribution in [1.29, 1.82) is 0 Å². The molecule has 6 nitrogen and oxygen atoms in total. The van der Waals surface area contributed by atoms with Crippen molar-refractivity contribution >= 4 is 29.2 Å². The zero-order valence-electron chi connectivity index (χ0n) is 12.4. The standard InChI is InChI=1S/C16H16N2O4S/c19-16(13-9-10-15(22-13)18(20)21)17-12-7-3-4-8-14(12)23-11-5-1-2-6-11/h3-4,7-11H,1-2,5-6H2,(H,17,19). The van der Waals surface area contributed by atoms with Crippen molar-refractivity contribution in [2.24, 2.45) is 0 Å². The summed E-state index contributed by atoms with van der Waals surface area (Å²) in [4.78, 5) is 23.2. The van der Waals surface area contributed by atoms with E-state index in [0.717, 1.165) is 4.90 Å². The Morgan fingerprint density at radius 1 is 1.22 bits per heavy atom. The minimum Gasteiger partial charge on any atom is -0.395 e. The van der Waals surface area contributed by atoms with Crippen LogP contribution in [0, 0.1) is 10.1 Å². The predicted octanol–water partition coefficient (Wildman–Crippen LogP) is 4.47. The molecule has 120 valence electrons. The summed E-state index contributed by atoms with van der Waals surface area (Å²) in [5, 5.41) is 14.0. The lowest BCUT2D eigenvalue weighted by atomic mass is 10.3. The van der Waals surface area contributed by atoms with Crippen LogP contribution in [0.5, 0.6) is 0 Å². The van der Waals surface area contributed by atoms with Crippen molar-refractivity contribution in [3.8, 4) is 0 Å². The van der Waals surface area contributed by atoms with E-state index in [0.29, 0.717) is 10.9 Å². The molecule has 0 unspecified atom stereocenters. The fraction of sp³-hybridized carbons (Fsp3) is 0.312. The molecule has 0 aliphatic heterocycles. The maximum atomic E-state index is 12.2. The van der Waals surface area contributed by atoms with Crippen molar-refractivity contribution in [3.05, 3.63) is 52.3 Å². The van der Waals surface area contributed by atoms with E-state index < -0.39 is 16.7 Å². The molecule has 1 N–H and O–H groups in total. The zero-order valence-corrected chi connectivity index (χ0v) is 13.2. The van der Waals surface area contributed by atoms with Gasteiger partial charge in [0.05, 0.1) is 11.8 Å². The van der Waals surface area contributed by atoms with Gasteiger partial charge in [0, 0.05) is 10.1 Å². The van der Waals surface area contributed by atoms with Gasteiger partial charge >= 0.3 is 5.88 Å². The summed E-state index contributed by atoms with van der Waals surface area (Å²) in [7, 11) is 0. The van der Waals surface area contributed by atoms with Crippen LogP contribution in [0.25, 0.3) is 0 Å². The number of benzene rings is 1. The second-order valence-corrected chi connectivity index (χ2v) is 6.71. The number of amides is 1. The summed E-state index contributed by atoms with van der Waals surface area (Å²) in [6.07, 6.45) is 4.89. The monoisotopic (exact) mass is 332 g/mol. The molecule has 1 saturated carbocycles. The maximum absolute atomic E-state index is 12.2. The van der Waals surface area contributed by atoms with Crippen molar-refractivity contribution in [3.63, 3.8) is 0 Å². The van der Waals surface area contributed by atoms with Gasteiger partial charge in [0.2, 0.25) is 0 Å². The van der Waals surface area contributed by atoms with Gasteiger partial charge in [-0.3, -0.25) is 14.9 Å². The minimum atomic E-state index is -0.666. The molecule has 1 aromatic heterocycles. The molecule has 7 heteroatoms. The zero-order chi connectivity index (χ0) is 16.2. The third-order valence-electron chi connectivity index (χ3n) is 3.73. The van der Waals surface area contributed by atoms with Crippen LogP contribution in [-0.4, -0.2) is 16.1 Å². The van der Waals surface area contributed by atoms with E-state index in [2.05, 4.69) is 5.32 Å². The van der Waals surface area contributed by atoms with E-state index >= 15 is 0 Å². The molecule has 1 aromatic carbocycles. The molecule has 1 heterocycles. The predicted molar refractivity (Wildman–Crippen MR) is 87.9 cm³/mol. The normalized spacial score (nSPS) is 14.8. The van der Waals surface area contributed by atoms with Gasteiger partial charge in [-0.05, 0) is 31.0 Å². The summed E-state index contributed by atoms with van der Waals surface area (Å²) in [6, 6.07) is 10.1. The lowest BCUT2D eigenvalue weighted by Gasteiger charge is -2.13. The summed E-state index contributed by atoms with van der Waals surface area (Å²) < 4.78 is 4.93. The second-order valence-electron chi connectivity index (χ2n) is 5.37. The van der Waals surface area contributed by atoms with E-state index in [1.165, 1.54) is 37.8 Å².